The van der Waals surface area contributed by atoms with Crippen LogP contribution in [0.2, 0.25) is 0 Å². The highest BCUT2D eigenvalue weighted by atomic mass is 19.1. The summed E-state index contributed by atoms with van der Waals surface area (Å²) in [6, 6.07) is 3.24. The lowest BCUT2D eigenvalue weighted by Gasteiger charge is -2.40. The van der Waals surface area contributed by atoms with Crippen LogP contribution in [0.25, 0.3) is 0 Å². The van der Waals surface area contributed by atoms with E-state index in [-0.39, 0.29) is 22.5 Å². The first-order valence-electron chi connectivity index (χ1n) is 10.7. The Labute approximate surface area is 179 Å². The van der Waals surface area contributed by atoms with Gasteiger partial charge in [-0.05, 0) is 50.3 Å². The molecule has 1 unspecified atom stereocenters. The second-order valence-electron chi connectivity index (χ2n) is 8.59. The minimum absolute atomic E-state index is 0.125. The van der Waals surface area contributed by atoms with Crippen LogP contribution in [-0.4, -0.2) is 39.5 Å². The maximum Gasteiger partial charge on any atom is 0.257 e. The summed E-state index contributed by atoms with van der Waals surface area (Å²) in [5, 5.41) is 14.8. The van der Waals surface area contributed by atoms with Crippen LogP contribution in [0.15, 0.2) is 59.3 Å². The lowest BCUT2D eigenvalue weighted by Crippen LogP contribution is -2.52. The molecule has 2 N–H and O–H groups in total. The molecule has 0 spiro atoms. The fraction of sp³-hybridized carbons (Fsp3) is 0.391. The van der Waals surface area contributed by atoms with Crippen molar-refractivity contribution in [2.45, 2.75) is 44.2 Å². The van der Waals surface area contributed by atoms with E-state index in [4.69, 9.17) is 0 Å². The highest BCUT2D eigenvalue weighted by Crippen LogP contribution is 2.44. The summed E-state index contributed by atoms with van der Waals surface area (Å²) >= 11 is 0. The van der Waals surface area contributed by atoms with Gasteiger partial charge < -0.3 is 10.4 Å². The van der Waals surface area contributed by atoms with Gasteiger partial charge >= 0.3 is 0 Å². The molecule has 1 aliphatic carbocycles. The summed E-state index contributed by atoms with van der Waals surface area (Å²) in [6.07, 6.45) is 12.1. The molecule has 1 saturated carbocycles. The Balaban J connectivity index is 1.45. The van der Waals surface area contributed by atoms with Crippen molar-refractivity contribution in [1.82, 2.24) is 10.3 Å². The van der Waals surface area contributed by atoms with Crippen LogP contribution in [0.3, 0.4) is 0 Å². The molecular weight excluding hydrogens is 402 g/mol. The largest absolute Gasteiger partial charge is 0.393 e. The van der Waals surface area contributed by atoms with Gasteiger partial charge in [-0.2, -0.15) is 0 Å². The average molecular weight is 427 g/mol. The average Bonchev–Trinajstić information content (AvgIpc) is 3.48. The topological polar surface area (TPSA) is 64.9 Å². The molecular formula is C23H25F2N4O2+. The number of aliphatic hydroxyl groups is 1. The van der Waals surface area contributed by atoms with Gasteiger partial charge in [-0.15, -0.1) is 9.60 Å². The van der Waals surface area contributed by atoms with Gasteiger partial charge in [0.15, 0.2) is 6.20 Å². The molecule has 1 saturated heterocycles. The zero-order chi connectivity index (χ0) is 21.6. The quantitative estimate of drug-likeness (QED) is 0.724. The molecule has 0 bridgehead atoms. The number of carbonyl (C=O) groups is 1. The number of halogens is 2. The van der Waals surface area contributed by atoms with Crippen molar-refractivity contribution in [2.75, 3.05) is 6.54 Å². The van der Waals surface area contributed by atoms with Crippen LogP contribution in [0, 0.1) is 17.6 Å². The number of benzene rings is 1. The summed E-state index contributed by atoms with van der Waals surface area (Å²) in [5.74, 6) is -0.502. The van der Waals surface area contributed by atoms with Crippen molar-refractivity contribution in [3.05, 3.63) is 71.5 Å². The van der Waals surface area contributed by atoms with Gasteiger partial charge in [-0.25, -0.2) is 13.8 Å². The first kappa shape index (κ1) is 20.2. The molecule has 1 aromatic carbocycles. The molecule has 162 valence electrons. The van der Waals surface area contributed by atoms with Crippen molar-refractivity contribution >= 4 is 12.1 Å². The van der Waals surface area contributed by atoms with Crippen molar-refractivity contribution in [2.24, 2.45) is 10.9 Å². The van der Waals surface area contributed by atoms with Gasteiger partial charge in [0.2, 0.25) is 5.91 Å². The van der Waals surface area contributed by atoms with Crippen LogP contribution in [-0.2, 0) is 4.79 Å². The third kappa shape index (κ3) is 3.54. The number of carbonyl (C=O) groups excluding carboxylic acids is 1. The molecule has 1 amide bonds. The van der Waals surface area contributed by atoms with Crippen molar-refractivity contribution < 1.29 is 23.3 Å². The van der Waals surface area contributed by atoms with E-state index >= 15 is 0 Å². The summed E-state index contributed by atoms with van der Waals surface area (Å²) < 4.78 is 28.6. The first-order chi connectivity index (χ1) is 15.0. The van der Waals surface area contributed by atoms with E-state index in [0.29, 0.717) is 43.5 Å². The Hall–Kier alpha value is -2.68. The zero-order valence-electron chi connectivity index (χ0n) is 17.0. The molecule has 8 heteroatoms. The van der Waals surface area contributed by atoms with E-state index in [9.17, 15) is 18.7 Å². The highest BCUT2D eigenvalue weighted by molar-refractivity contribution is 5.89. The van der Waals surface area contributed by atoms with Gasteiger partial charge in [-0.3, -0.25) is 4.79 Å². The molecule has 4 atom stereocenters. The van der Waals surface area contributed by atoms with Crippen molar-refractivity contribution in [3.8, 4) is 0 Å². The number of aliphatic hydroxyl groups excluding tert-OH is 1. The molecule has 1 aromatic rings. The first-order valence-corrected chi connectivity index (χ1v) is 10.7. The lowest BCUT2D eigenvalue weighted by atomic mass is 10.0. The number of fused-ring (bicyclic) bond motifs is 1. The van der Waals surface area contributed by atoms with E-state index in [1.807, 2.05) is 24.6 Å². The Morgan fingerprint density at radius 3 is 2.94 bits per heavy atom. The van der Waals surface area contributed by atoms with E-state index in [1.54, 1.807) is 6.21 Å². The summed E-state index contributed by atoms with van der Waals surface area (Å²) in [6.45, 7) is 0.671. The van der Waals surface area contributed by atoms with Crippen LogP contribution < -0.4 is 5.32 Å². The van der Waals surface area contributed by atoms with Gasteiger partial charge in [0.1, 0.15) is 23.5 Å². The number of amides is 1. The molecule has 6 nitrogen and oxygen atoms in total. The van der Waals surface area contributed by atoms with Crippen LogP contribution >= 0.6 is 0 Å². The fourth-order valence-corrected chi connectivity index (χ4v) is 5.11. The molecule has 5 rings (SSSR count). The Kier molecular flexibility index (Phi) is 5.08. The number of allylic oxidation sites excluding steroid dienone is 3. The zero-order valence-corrected chi connectivity index (χ0v) is 17.0. The van der Waals surface area contributed by atoms with Gasteiger partial charge in [0.05, 0.1) is 18.4 Å². The summed E-state index contributed by atoms with van der Waals surface area (Å²) in [5.41, 5.74) is 0.888. The third-order valence-electron chi connectivity index (χ3n) is 6.61. The normalized spacial score (nSPS) is 32.2. The minimum atomic E-state index is -0.463. The van der Waals surface area contributed by atoms with Crippen LogP contribution in [0.5, 0.6) is 0 Å². The second-order valence-corrected chi connectivity index (χ2v) is 8.59. The number of hydrogen-bond acceptors (Lipinski definition) is 4. The van der Waals surface area contributed by atoms with Gasteiger partial charge in [0, 0.05) is 30.2 Å². The number of aliphatic imine (C=N–C) groups is 1. The molecule has 0 radical (unpaired) electrons. The minimum Gasteiger partial charge on any atom is -0.393 e. The highest BCUT2D eigenvalue weighted by Gasteiger charge is 2.48. The molecule has 31 heavy (non-hydrogen) atoms. The monoisotopic (exact) mass is 427 g/mol. The van der Waals surface area contributed by atoms with E-state index in [2.05, 4.69) is 15.3 Å². The van der Waals surface area contributed by atoms with Gasteiger partial charge in [-0.1, -0.05) is 0 Å². The standard InChI is InChI=1S/C23H24F2N4O2/c24-16-6-8-20(25)19(12-16)21-3-1-9-28(21)29-10-2-4-22(29)26-13-17(14-29)27-23(31)15-5-7-18(30)11-15/h2,4,6,8,10,12-15,18,21,30H,1,3,5,7,9,11H2/p+1/t15-,18+,21+,29?/m0/s1. The predicted octanol–water partition coefficient (Wildman–Crippen LogP) is 3.41. The Morgan fingerprint density at radius 2 is 2.13 bits per heavy atom. The molecule has 0 aromatic heterocycles. The van der Waals surface area contributed by atoms with Gasteiger partial charge in [0.25, 0.3) is 5.82 Å². The second kappa shape index (κ2) is 7.78. The Bertz CT molecular complexity index is 1030. The third-order valence-corrected chi connectivity index (χ3v) is 6.61. The van der Waals surface area contributed by atoms with E-state index in [1.165, 1.54) is 12.1 Å². The molecule has 2 fully saturated rings. The SMILES string of the molecule is O=C(NC1=C[N+]2(N3CCC[C@@H]3c3cc(F)ccc3F)C=CC=C2N=C1)[C@H]1CC[C@@H](O)C1. The number of rotatable bonds is 4. The molecule has 3 aliphatic heterocycles. The van der Waals surface area contributed by atoms with Crippen LogP contribution in [0.4, 0.5) is 8.78 Å². The fourth-order valence-electron chi connectivity index (χ4n) is 5.11. The van der Waals surface area contributed by atoms with Crippen LogP contribution in [0.1, 0.15) is 43.7 Å². The predicted molar refractivity (Wildman–Crippen MR) is 111 cm³/mol. The van der Waals surface area contributed by atoms with E-state index < -0.39 is 17.7 Å². The maximum atomic E-state index is 14.6. The Morgan fingerprint density at radius 1 is 1.26 bits per heavy atom. The number of nitrogens with zero attached hydrogens (tertiary/aromatic N) is 3. The summed E-state index contributed by atoms with van der Waals surface area (Å²) in [4.78, 5) is 17.2. The molecule has 3 heterocycles. The maximum absolute atomic E-state index is 14.6. The number of hydrogen-bond donors (Lipinski definition) is 2. The molecule has 4 aliphatic rings. The van der Waals surface area contributed by atoms with E-state index in [0.717, 1.165) is 18.3 Å². The summed E-state index contributed by atoms with van der Waals surface area (Å²) in [7, 11) is 0. The van der Waals surface area contributed by atoms with Crippen molar-refractivity contribution in [3.63, 3.8) is 0 Å². The number of nitrogens with one attached hydrogen (secondary N) is 1. The lowest BCUT2D eigenvalue weighted by molar-refractivity contribution is -0.918. The van der Waals surface area contributed by atoms with Crippen molar-refractivity contribution in [1.29, 1.82) is 0 Å². The number of quaternary nitrogens is 1. The smallest absolute Gasteiger partial charge is 0.257 e.